The highest BCUT2D eigenvalue weighted by Gasteiger charge is 2.19. The van der Waals surface area contributed by atoms with Gasteiger partial charge in [-0.25, -0.2) is 0 Å². The van der Waals surface area contributed by atoms with Gasteiger partial charge < -0.3 is 5.73 Å². The normalized spacial score (nSPS) is 15.0. The minimum atomic E-state index is 0.180. The molecular weight excluding hydrogens is 255 g/mol. The molecule has 1 aromatic carbocycles. The van der Waals surface area contributed by atoms with Gasteiger partial charge in [-0.15, -0.1) is 0 Å². The van der Waals surface area contributed by atoms with Crippen LogP contribution in [0.25, 0.3) is 0 Å². The molecule has 0 aliphatic heterocycles. The number of hydrogen-bond donors (Lipinski definition) is 1. The molecule has 0 spiro atoms. The van der Waals surface area contributed by atoms with Crippen LogP contribution in [-0.4, -0.2) is 24.5 Å². The Hall–Kier alpha value is -0.280. The molecule has 0 saturated carbocycles. The zero-order valence-corrected chi connectivity index (χ0v) is 12.1. The maximum absolute atomic E-state index is 6.04. The van der Waals surface area contributed by atoms with Crippen molar-refractivity contribution in [3.8, 4) is 0 Å². The van der Waals surface area contributed by atoms with E-state index in [0.29, 0.717) is 22.6 Å². The van der Waals surface area contributed by atoms with Crippen molar-refractivity contribution in [1.82, 2.24) is 4.90 Å². The molecule has 0 bridgehead atoms. The van der Waals surface area contributed by atoms with E-state index in [-0.39, 0.29) is 6.04 Å². The standard InChI is InChI=1S/C13H20Cl2N2/c1-4-9(2)17(3)13(8-16)10-5-6-11(14)12(15)7-10/h5-7,9,13H,4,8,16H2,1-3H3. The Kier molecular flexibility index (Phi) is 5.74. The predicted octanol–water partition coefficient (Wildman–Crippen LogP) is 3.72. The third-order valence-electron chi connectivity index (χ3n) is 3.33. The maximum atomic E-state index is 6.04. The third-order valence-corrected chi connectivity index (χ3v) is 4.07. The van der Waals surface area contributed by atoms with Gasteiger partial charge in [-0.05, 0) is 38.1 Å². The van der Waals surface area contributed by atoms with Crippen molar-refractivity contribution in [2.45, 2.75) is 32.4 Å². The molecule has 96 valence electrons. The quantitative estimate of drug-likeness (QED) is 0.887. The molecule has 0 fully saturated rings. The molecular formula is C13H20Cl2N2. The third kappa shape index (κ3) is 3.59. The van der Waals surface area contributed by atoms with Crippen LogP contribution in [0.5, 0.6) is 0 Å². The van der Waals surface area contributed by atoms with Gasteiger partial charge in [0.1, 0.15) is 0 Å². The molecule has 2 nitrogen and oxygen atoms in total. The molecule has 1 aromatic rings. The van der Waals surface area contributed by atoms with Crippen molar-refractivity contribution in [1.29, 1.82) is 0 Å². The molecule has 0 radical (unpaired) electrons. The SMILES string of the molecule is CCC(C)N(C)C(CN)c1ccc(Cl)c(Cl)c1. The second-order valence-corrected chi connectivity index (χ2v) is 5.16. The maximum Gasteiger partial charge on any atom is 0.0595 e. The molecule has 0 saturated heterocycles. The van der Waals surface area contributed by atoms with Crippen LogP contribution < -0.4 is 5.73 Å². The van der Waals surface area contributed by atoms with Gasteiger partial charge in [0.25, 0.3) is 0 Å². The summed E-state index contributed by atoms with van der Waals surface area (Å²) in [6, 6.07) is 6.38. The van der Waals surface area contributed by atoms with E-state index in [9.17, 15) is 0 Å². The van der Waals surface area contributed by atoms with E-state index in [4.69, 9.17) is 28.9 Å². The summed E-state index contributed by atoms with van der Waals surface area (Å²) in [6.45, 7) is 4.93. The second kappa shape index (κ2) is 6.60. The summed E-state index contributed by atoms with van der Waals surface area (Å²) in [5.41, 5.74) is 6.98. The van der Waals surface area contributed by atoms with Gasteiger partial charge in [-0.1, -0.05) is 36.2 Å². The molecule has 2 unspecified atom stereocenters. The van der Waals surface area contributed by atoms with E-state index < -0.39 is 0 Å². The molecule has 2 N–H and O–H groups in total. The molecule has 0 aliphatic carbocycles. The van der Waals surface area contributed by atoms with Crippen LogP contribution in [-0.2, 0) is 0 Å². The first-order valence-corrected chi connectivity index (χ1v) is 6.63. The van der Waals surface area contributed by atoms with Crippen molar-refractivity contribution in [2.75, 3.05) is 13.6 Å². The fourth-order valence-electron chi connectivity index (χ4n) is 1.85. The molecule has 4 heteroatoms. The fraction of sp³-hybridized carbons (Fsp3) is 0.538. The van der Waals surface area contributed by atoms with Crippen molar-refractivity contribution in [3.63, 3.8) is 0 Å². The summed E-state index contributed by atoms with van der Waals surface area (Å²) in [5, 5.41) is 1.16. The summed E-state index contributed by atoms with van der Waals surface area (Å²) in [6.07, 6.45) is 1.09. The summed E-state index contributed by atoms with van der Waals surface area (Å²) in [4.78, 5) is 2.28. The van der Waals surface area contributed by atoms with Crippen LogP contribution in [0.2, 0.25) is 10.0 Å². The fourth-order valence-corrected chi connectivity index (χ4v) is 2.16. The second-order valence-electron chi connectivity index (χ2n) is 4.35. The smallest absolute Gasteiger partial charge is 0.0595 e. The predicted molar refractivity (Wildman–Crippen MR) is 75.8 cm³/mol. The van der Waals surface area contributed by atoms with Crippen LogP contribution in [0.15, 0.2) is 18.2 Å². The average Bonchev–Trinajstić information content (AvgIpc) is 2.33. The lowest BCUT2D eigenvalue weighted by Crippen LogP contribution is -2.36. The lowest BCUT2D eigenvalue weighted by Gasteiger charge is -2.32. The first-order valence-electron chi connectivity index (χ1n) is 5.88. The van der Waals surface area contributed by atoms with E-state index in [1.165, 1.54) is 0 Å². The average molecular weight is 275 g/mol. The van der Waals surface area contributed by atoms with Crippen LogP contribution in [0.4, 0.5) is 0 Å². The minimum Gasteiger partial charge on any atom is -0.329 e. The molecule has 0 amide bonds. The van der Waals surface area contributed by atoms with Crippen molar-refractivity contribution in [3.05, 3.63) is 33.8 Å². The summed E-state index contributed by atoms with van der Waals surface area (Å²) >= 11 is 12.0. The number of benzene rings is 1. The van der Waals surface area contributed by atoms with Gasteiger partial charge in [0, 0.05) is 18.6 Å². The first-order chi connectivity index (χ1) is 8.01. The van der Waals surface area contributed by atoms with E-state index in [1.807, 2.05) is 18.2 Å². The van der Waals surface area contributed by atoms with Crippen molar-refractivity contribution < 1.29 is 0 Å². The Morgan fingerprint density at radius 3 is 2.41 bits per heavy atom. The molecule has 0 heterocycles. The molecule has 17 heavy (non-hydrogen) atoms. The number of likely N-dealkylation sites (N-methyl/N-ethyl adjacent to an activating group) is 1. The van der Waals surface area contributed by atoms with Gasteiger partial charge in [0.05, 0.1) is 10.0 Å². The Labute approximate surface area is 114 Å². The van der Waals surface area contributed by atoms with Crippen molar-refractivity contribution in [2.24, 2.45) is 5.73 Å². The zero-order valence-electron chi connectivity index (χ0n) is 10.6. The van der Waals surface area contributed by atoms with Gasteiger partial charge in [-0.2, -0.15) is 0 Å². The Balaban J connectivity index is 2.97. The zero-order chi connectivity index (χ0) is 13.0. The largest absolute Gasteiger partial charge is 0.329 e. The lowest BCUT2D eigenvalue weighted by molar-refractivity contribution is 0.185. The van der Waals surface area contributed by atoms with Crippen LogP contribution in [0, 0.1) is 0 Å². The van der Waals surface area contributed by atoms with E-state index in [1.54, 1.807) is 0 Å². The van der Waals surface area contributed by atoms with E-state index in [0.717, 1.165) is 12.0 Å². The van der Waals surface area contributed by atoms with E-state index >= 15 is 0 Å². The Morgan fingerprint density at radius 2 is 1.94 bits per heavy atom. The summed E-state index contributed by atoms with van der Waals surface area (Å²) in [7, 11) is 2.09. The number of nitrogens with zero attached hydrogens (tertiary/aromatic N) is 1. The molecule has 1 rings (SSSR count). The molecule has 0 aromatic heterocycles. The number of hydrogen-bond acceptors (Lipinski definition) is 2. The van der Waals surface area contributed by atoms with Crippen LogP contribution in [0.3, 0.4) is 0 Å². The minimum absolute atomic E-state index is 0.180. The van der Waals surface area contributed by atoms with Gasteiger partial charge in [0.2, 0.25) is 0 Å². The highest BCUT2D eigenvalue weighted by molar-refractivity contribution is 6.42. The summed E-state index contributed by atoms with van der Waals surface area (Å²) in [5.74, 6) is 0. The monoisotopic (exact) mass is 274 g/mol. The number of halogens is 2. The Morgan fingerprint density at radius 1 is 1.29 bits per heavy atom. The van der Waals surface area contributed by atoms with Gasteiger partial charge in [-0.3, -0.25) is 4.90 Å². The van der Waals surface area contributed by atoms with Crippen LogP contribution >= 0.6 is 23.2 Å². The van der Waals surface area contributed by atoms with Crippen molar-refractivity contribution >= 4 is 23.2 Å². The lowest BCUT2D eigenvalue weighted by atomic mass is 10.0. The van der Waals surface area contributed by atoms with E-state index in [2.05, 4.69) is 25.8 Å². The van der Waals surface area contributed by atoms with Gasteiger partial charge >= 0.3 is 0 Å². The summed E-state index contributed by atoms with van der Waals surface area (Å²) < 4.78 is 0. The molecule has 0 aliphatic rings. The first kappa shape index (κ1) is 14.8. The van der Waals surface area contributed by atoms with Gasteiger partial charge in [0.15, 0.2) is 0 Å². The molecule has 2 atom stereocenters. The topological polar surface area (TPSA) is 29.3 Å². The Bertz CT molecular complexity index is 368. The highest BCUT2D eigenvalue weighted by atomic mass is 35.5. The highest BCUT2D eigenvalue weighted by Crippen LogP contribution is 2.28. The number of rotatable bonds is 5. The number of nitrogens with two attached hydrogens (primary N) is 1. The van der Waals surface area contributed by atoms with Crippen LogP contribution in [0.1, 0.15) is 31.9 Å².